The third kappa shape index (κ3) is 3.44. The number of primary amides is 1. The first-order chi connectivity index (χ1) is 11.9. The zero-order chi connectivity index (χ0) is 18.0. The molecule has 1 aliphatic heterocycles. The Bertz CT molecular complexity index is 820. The van der Waals surface area contributed by atoms with Crippen LogP contribution in [-0.4, -0.2) is 47.6 Å². The summed E-state index contributed by atoms with van der Waals surface area (Å²) >= 11 is 0. The maximum absolute atomic E-state index is 12.7. The van der Waals surface area contributed by atoms with Gasteiger partial charge < -0.3 is 20.5 Å². The molecule has 6 nitrogen and oxygen atoms in total. The fourth-order valence-corrected chi connectivity index (χ4v) is 3.32. The molecular formula is C19H22N2O4. The lowest BCUT2D eigenvalue weighted by atomic mass is 9.91. The number of β-amino-alcohol motifs (C(OH)–C–C–N with tert-alkyl or cyclic N) is 1. The second-order valence-corrected chi connectivity index (χ2v) is 6.50. The average Bonchev–Trinajstić information content (AvgIpc) is 2.61. The van der Waals surface area contributed by atoms with Crippen molar-refractivity contribution in [3.63, 3.8) is 0 Å². The van der Waals surface area contributed by atoms with Crippen molar-refractivity contribution in [1.82, 2.24) is 4.90 Å². The van der Waals surface area contributed by atoms with Gasteiger partial charge in [-0.25, -0.2) is 0 Å². The van der Waals surface area contributed by atoms with Crippen LogP contribution in [0.3, 0.4) is 0 Å². The molecule has 0 aromatic heterocycles. The Morgan fingerprint density at radius 1 is 1.32 bits per heavy atom. The van der Waals surface area contributed by atoms with Gasteiger partial charge in [0.1, 0.15) is 5.75 Å². The van der Waals surface area contributed by atoms with Crippen molar-refractivity contribution < 1.29 is 19.4 Å². The molecule has 1 aliphatic rings. The Labute approximate surface area is 146 Å². The molecule has 0 radical (unpaired) electrons. The largest absolute Gasteiger partial charge is 0.497 e. The number of likely N-dealkylation sites (tertiary alicyclic amines) is 1. The number of rotatable bonds is 4. The van der Waals surface area contributed by atoms with Crippen LogP contribution in [-0.2, 0) is 16.0 Å². The van der Waals surface area contributed by atoms with E-state index in [2.05, 4.69) is 0 Å². The quantitative estimate of drug-likeness (QED) is 0.874. The Hall–Kier alpha value is -2.60. The number of hydrogen-bond donors (Lipinski definition) is 2. The van der Waals surface area contributed by atoms with Crippen LogP contribution in [0.25, 0.3) is 10.8 Å². The molecule has 3 N–H and O–H groups in total. The summed E-state index contributed by atoms with van der Waals surface area (Å²) < 4.78 is 5.27. The van der Waals surface area contributed by atoms with Crippen LogP contribution in [0.1, 0.15) is 18.4 Å². The molecule has 3 rings (SSSR count). The Morgan fingerprint density at radius 2 is 2.12 bits per heavy atom. The zero-order valence-corrected chi connectivity index (χ0v) is 14.2. The summed E-state index contributed by atoms with van der Waals surface area (Å²) in [7, 11) is 1.60. The van der Waals surface area contributed by atoms with E-state index in [4.69, 9.17) is 10.5 Å². The molecule has 2 aromatic rings. The number of carbonyl (C=O) groups excluding carboxylic acids is 2. The zero-order valence-electron chi connectivity index (χ0n) is 14.2. The number of nitrogens with zero attached hydrogens (tertiary/aromatic N) is 1. The molecule has 0 spiro atoms. The number of fused-ring (bicyclic) bond motifs is 1. The third-order valence-electron chi connectivity index (χ3n) is 4.80. The van der Waals surface area contributed by atoms with E-state index in [-0.39, 0.29) is 25.3 Å². The topological polar surface area (TPSA) is 92.9 Å². The number of methoxy groups -OCH3 is 1. The molecule has 132 valence electrons. The summed E-state index contributed by atoms with van der Waals surface area (Å²) in [4.78, 5) is 25.7. The van der Waals surface area contributed by atoms with Gasteiger partial charge in [0.25, 0.3) is 5.91 Å². The van der Waals surface area contributed by atoms with E-state index in [9.17, 15) is 14.7 Å². The number of carbonyl (C=O) groups is 2. The first-order valence-corrected chi connectivity index (χ1v) is 8.29. The SMILES string of the molecule is COc1ccc2cccc(CC(=O)N3CCCC(O)(C(N)=O)C3)c2c1. The van der Waals surface area contributed by atoms with E-state index >= 15 is 0 Å². The van der Waals surface area contributed by atoms with Crippen LogP contribution in [0.4, 0.5) is 0 Å². The molecule has 6 heteroatoms. The van der Waals surface area contributed by atoms with E-state index < -0.39 is 11.5 Å². The van der Waals surface area contributed by atoms with Crippen LogP contribution in [0.2, 0.25) is 0 Å². The van der Waals surface area contributed by atoms with E-state index in [1.54, 1.807) is 7.11 Å². The number of ether oxygens (including phenoxy) is 1. The maximum Gasteiger partial charge on any atom is 0.251 e. The van der Waals surface area contributed by atoms with E-state index in [0.717, 1.165) is 22.1 Å². The molecule has 1 unspecified atom stereocenters. The summed E-state index contributed by atoms with van der Waals surface area (Å²) in [5.41, 5.74) is 4.54. The molecule has 0 bridgehead atoms. The van der Waals surface area contributed by atoms with Gasteiger partial charge in [0, 0.05) is 6.54 Å². The van der Waals surface area contributed by atoms with Crippen LogP contribution < -0.4 is 10.5 Å². The Morgan fingerprint density at radius 3 is 2.84 bits per heavy atom. The molecule has 0 aliphatic carbocycles. The van der Waals surface area contributed by atoms with Gasteiger partial charge in [0.15, 0.2) is 5.60 Å². The highest BCUT2D eigenvalue weighted by molar-refractivity contribution is 5.91. The smallest absolute Gasteiger partial charge is 0.251 e. The van der Waals surface area contributed by atoms with Crippen molar-refractivity contribution in [3.05, 3.63) is 42.0 Å². The molecule has 2 aromatic carbocycles. The van der Waals surface area contributed by atoms with Gasteiger partial charge >= 0.3 is 0 Å². The Kier molecular flexibility index (Phi) is 4.63. The van der Waals surface area contributed by atoms with E-state index in [1.165, 1.54) is 4.90 Å². The lowest BCUT2D eigenvalue weighted by molar-refractivity contribution is -0.148. The highest BCUT2D eigenvalue weighted by atomic mass is 16.5. The summed E-state index contributed by atoms with van der Waals surface area (Å²) in [5, 5.41) is 12.3. The van der Waals surface area contributed by atoms with Gasteiger partial charge in [0.05, 0.1) is 20.1 Å². The predicted octanol–water partition coefficient (Wildman–Crippen LogP) is 1.23. The number of amides is 2. The predicted molar refractivity (Wildman–Crippen MR) is 94.2 cm³/mol. The normalized spacial score (nSPS) is 20.5. The van der Waals surface area contributed by atoms with Crippen molar-refractivity contribution in [2.45, 2.75) is 24.9 Å². The van der Waals surface area contributed by atoms with Crippen molar-refractivity contribution >= 4 is 22.6 Å². The average molecular weight is 342 g/mol. The van der Waals surface area contributed by atoms with Crippen molar-refractivity contribution in [1.29, 1.82) is 0 Å². The standard InChI is InChI=1S/C19H22N2O4/c1-25-15-7-6-13-4-2-5-14(16(13)11-15)10-17(22)21-9-3-8-19(24,12-21)18(20)23/h2,4-7,11,24H,3,8-10,12H2,1H3,(H2,20,23). The fourth-order valence-electron chi connectivity index (χ4n) is 3.32. The summed E-state index contributed by atoms with van der Waals surface area (Å²) in [5.74, 6) is -0.178. The molecular weight excluding hydrogens is 320 g/mol. The monoisotopic (exact) mass is 342 g/mol. The third-order valence-corrected chi connectivity index (χ3v) is 4.80. The minimum absolute atomic E-state index is 0.0464. The minimum atomic E-state index is -1.63. The molecule has 25 heavy (non-hydrogen) atoms. The minimum Gasteiger partial charge on any atom is -0.497 e. The number of nitrogens with two attached hydrogens (primary N) is 1. The highest BCUT2D eigenvalue weighted by Gasteiger charge is 2.40. The second kappa shape index (κ2) is 6.72. The Balaban J connectivity index is 1.83. The van der Waals surface area contributed by atoms with Crippen molar-refractivity contribution in [2.24, 2.45) is 5.73 Å². The number of aliphatic hydroxyl groups is 1. The van der Waals surface area contributed by atoms with Gasteiger partial charge in [0.2, 0.25) is 5.91 Å². The van der Waals surface area contributed by atoms with E-state index in [1.807, 2.05) is 36.4 Å². The van der Waals surface area contributed by atoms with Gasteiger partial charge in [-0.15, -0.1) is 0 Å². The number of piperidine rings is 1. The first kappa shape index (κ1) is 17.2. The lowest BCUT2D eigenvalue weighted by Gasteiger charge is -2.37. The lowest BCUT2D eigenvalue weighted by Crippen LogP contribution is -2.57. The molecule has 1 fully saturated rings. The first-order valence-electron chi connectivity index (χ1n) is 8.29. The van der Waals surface area contributed by atoms with Crippen molar-refractivity contribution in [3.8, 4) is 5.75 Å². The van der Waals surface area contributed by atoms with Crippen LogP contribution in [0.15, 0.2) is 36.4 Å². The maximum atomic E-state index is 12.7. The molecule has 2 amide bonds. The van der Waals surface area contributed by atoms with E-state index in [0.29, 0.717) is 13.0 Å². The van der Waals surface area contributed by atoms with Gasteiger partial charge in [-0.1, -0.05) is 24.3 Å². The van der Waals surface area contributed by atoms with Gasteiger partial charge in [-0.05, 0) is 41.3 Å². The number of benzene rings is 2. The molecule has 1 heterocycles. The number of hydrogen-bond acceptors (Lipinski definition) is 4. The molecule has 0 saturated carbocycles. The summed E-state index contributed by atoms with van der Waals surface area (Å²) in [6.45, 7) is 0.470. The van der Waals surface area contributed by atoms with Crippen LogP contribution in [0.5, 0.6) is 5.75 Å². The van der Waals surface area contributed by atoms with Gasteiger partial charge in [-0.2, -0.15) is 0 Å². The second-order valence-electron chi connectivity index (χ2n) is 6.50. The highest BCUT2D eigenvalue weighted by Crippen LogP contribution is 2.26. The van der Waals surface area contributed by atoms with Gasteiger partial charge in [-0.3, -0.25) is 9.59 Å². The summed E-state index contributed by atoms with van der Waals surface area (Å²) in [6.07, 6.45) is 1.03. The van der Waals surface area contributed by atoms with Crippen molar-refractivity contribution in [2.75, 3.05) is 20.2 Å². The summed E-state index contributed by atoms with van der Waals surface area (Å²) in [6, 6.07) is 11.5. The van der Waals surface area contributed by atoms with Crippen LogP contribution >= 0.6 is 0 Å². The van der Waals surface area contributed by atoms with Crippen LogP contribution in [0, 0.1) is 0 Å². The molecule has 1 atom stereocenters. The molecule has 1 saturated heterocycles. The fraction of sp³-hybridized carbons (Fsp3) is 0.368.